The highest BCUT2D eigenvalue weighted by Crippen LogP contribution is 2.12. The summed E-state index contributed by atoms with van der Waals surface area (Å²) in [7, 11) is 1.75. The van der Waals surface area contributed by atoms with Gasteiger partial charge < -0.3 is 10.6 Å². The first-order valence-corrected chi connectivity index (χ1v) is 6.77. The van der Waals surface area contributed by atoms with Gasteiger partial charge in [0.2, 0.25) is 5.91 Å². The number of carbonyl (C=O) groups is 1. The van der Waals surface area contributed by atoms with Gasteiger partial charge in [-0.15, -0.1) is 0 Å². The zero-order chi connectivity index (χ0) is 15.2. The molecule has 0 aromatic carbocycles. The molecule has 0 aromatic rings. The summed E-state index contributed by atoms with van der Waals surface area (Å²) in [6.45, 7) is 5.63. The maximum Gasteiger partial charge on any atom is 0.405 e. The van der Waals surface area contributed by atoms with Gasteiger partial charge in [-0.1, -0.05) is 0 Å². The summed E-state index contributed by atoms with van der Waals surface area (Å²) in [6.07, 6.45) is -4.37. The average Bonchev–Trinajstić information content (AvgIpc) is 2.41. The molecule has 1 aliphatic heterocycles. The van der Waals surface area contributed by atoms with E-state index in [0.29, 0.717) is 6.54 Å². The lowest BCUT2D eigenvalue weighted by Crippen LogP contribution is -2.50. The molecule has 0 spiro atoms. The Kier molecular flexibility index (Phi) is 6.70. The van der Waals surface area contributed by atoms with Crippen LogP contribution in [0.15, 0.2) is 0 Å². The van der Waals surface area contributed by atoms with E-state index in [4.69, 9.17) is 0 Å². The zero-order valence-corrected chi connectivity index (χ0v) is 12.0. The van der Waals surface area contributed by atoms with Gasteiger partial charge in [-0.2, -0.15) is 13.2 Å². The Bertz CT molecular complexity index is 306. The van der Waals surface area contributed by atoms with Crippen molar-refractivity contribution in [1.82, 2.24) is 20.4 Å². The van der Waals surface area contributed by atoms with Crippen molar-refractivity contribution in [3.05, 3.63) is 0 Å². The van der Waals surface area contributed by atoms with Crippen LogP contribution in [-0.4, -0.2) is 80.8 Å². The molecule has 8 heteroatoms. The van der Waals surface area contributed by atoms with Crippen molar-refractivity contribution in [3.8, 4) is 0 Å². The summed E-state index contributed by atoms with van der Waals surface area (Å²) < 4.78 is 36.1. The number of hydrogen-bond acceptors (Lipinski definition) is 4. The van der Waals surface area contributed by atoms with Crippen molar-refractivity contribution in [3.63, 3.8) is 0 Å². The molecule has 1 amide bonds. The Balaban J connectivity index is 2.26. The number of nitrogens with one attached hydrogen (secondary N) is 2. The van der Waals surface area contributed by atoms with Gasteiger partial charge in [0.05, 0.1) is 6.04 Å². The maximum atomic E-state index is 12.0. The van der Waals surface area contributed by atoms with E-state index in [-0.39, 0.29) is 0 Å². The van der Waals surface area contributed by atoms with Crippen LogP contribution < -0.4 is 10.6 Å². The quantitative estimate of drug-likeness (QED) is 0.718. The molecule has 2 N–H and O–H groups in total. The van der Waals surface area contributed by atoms with Crippen LogP contribution in [0.4, 0.5) is 13.2 Å². The first-order valence-electron chi connectivity index (χ1n) is 6.77. The van der Waals surface area contributed by atoms with E-state index in [0.717, 1.165) is 32.7 Å². The minimum atomic E-state index is -4.37. The number of rotatable bonds is 6. The highest BCUT2D eigenvalue weighted by atomic mass is 19.4. The number of piperazine rings is 1. The molecule has 20 heavy (non-hydrogen) atoms. The summed E-state index contributed by atoms with van der Waals surface area (Å²) >= 11 is 0. The number of likely N-dealkylation sites (N-methyl/N-ethyl adjacent to an activating group) is 1. The van der Waals surface area contributed by atoms with Crippen molar-refractivity contribution in [2.24, 2.45) is 0 Å². The van der Waals surface area contributed by atoms with Crippen molar-refractivity contribution < 1.29 is 18.0 Å². The number of alkyl halides is 3. The summed E-state index contributed by atoms with van der Waals surface area (Å²) in [5.41, 5.74) is 0. The molecule has 1 aliphatic rings. The van der Waals surface area contributed by atoms with Gasteiger partial charge in [0.25, 0.3) is 0 Å². The molecule has 0 radical (unpaired) electrons. The Morgan fingerprint density at radius 3 is 2.55 bits per heavy atom. The zero-order valence-electron chi connectivity index (χ0n) is 12.0. The third kappa shape index (κ3) is 6.53. The van der Waals surface area contributed by atoms with Gasteiger partial charge in [0, 0.05) is 39.3 Å². The molecule has 1 rings (SSSR count). The monoisotopic (exact) mass is 296 g/mol. The van der Waals surface area contributed by atoms with E-state index in [1.807, 2.05) is 5.32 Å². The van der Waals surface area contributed by atoms with E-state index in [1.54, 1.807) is 18.9 Å². The van der Waals surface area contributed by atoms with Crippen LogP contribution in [0.5, 0.6) is 0 Å². The molecular formula is C12H23F3N4O. The summed E-state index contributed by atoms with van der Waals surface area (Å²) in [5, 5.41) is 5.16. The Morgan fingerprint density at radius 1 is 1.40 bits per heavy atom. The fourth-order valence-corrected chi connectivity index (χ4v) is 1.96. The van der Waals surface area contributed by atoms with Crippen molar-refractivity contribution in [1.29, 1.82) is 0 Å². The van der Waals surface area contributed by atoms with Crippen molar-refractivity contribution >= 4 is 5.91 Å². The van der Waals surface area contributed by atoms with Crippen molar-refractivity contribution in [2.75, 3.05) is 52.9 Å². The van der Waals surface area contributed by atoms with Crippen molar-refractivity contribution in [2.45, 2.75) is 19.1 Å². The molecule has 0 saturated carbocycles. The van der Waals surface area contributed by atoms with Crippen LogP contribution in [0.2, 0.25) is 0 Å². The summed E-state index contributed by atoms with van der Waals surface area (Å²) in [4.78, 5) is 15.6. The minimum Gasteiger partial charge on any atom is -0.346 e. The topological polar surface area (TPSA) is 47.6 Å². The van der Waals surface area contributed by atoms with Crippen LogP contribution in [0.3, 0.4) is 0 Å². The molecule has 0 aliphatic carbocycles. The molecule has 0 aromatic heterocycles. The summed E-state index contributed by atoms with van der Waals surface area (Å²) in [5.74, 6) is -0.592. The van der Waals surface area contributed by atoms with Crippen LogP contribution in [0, 0.1) is 0 Å². The average molecular weight is 296 g/mol. The molecule has 0 bridgehead atoms. The number of halogens is 3. The lowest BCUT2D eigenvalue weighted by atomic mass is 10.2. The molecule has 1 saturated heterocycles. The van der Waals surface area contributed by atoms with Crippen LogP contribution >= 0.6 is 0 Å². The van der Waals surface area contributed by atoms with Gasteiger partial charge in [0.1, 0.15) is 6.54 Å². The highest BCUT2D eigenvalue weighted by molar-refractivity contribution is 5.81. The molecular weight excluding hydrogens is 273 g/mol. The van der Waals surface area contributed by atoms with Gasteiger partial charge in [0.15, 0.2) is 0 Å². The first kappa shape index (κ1) is 17.2. The molecule has 118 valence electrons. The first-order chi connectivity index (χ1) is 9.29. The van der Waals surface area contributed by atoms with E-state index in [1.165, 1.54) is 0 Å². The Labute approximate surface area is 117 Å². The summed E-state index contributed by atoms with van der Waals surface area (Å²) in [6, 6.07) is -0.569. The van der Waals surface area contributed by atoms with Crippen LogP contribution in [0.1, 0.15) is 6.92 Å². The molecule has 1 heterocycles. The van der Waals surface area contributed by atoms with E-state index in [9.17, 15) is 18.0 Å². The third-order valence-corrected chi connectivity index (χ3v) is 3.48. The fourth-order valence-electron chi connectivity index (χ4n) is 1.96. The SMILES string of the molecule is CC(C(=O)NCC(F)(F)F)N(C)CCN1CCNCC1. The molecule has 1 unspecified atom stereocenters. The number of carbonyl (C=O) groups excluding carboxylic acids is 1. The van der Waals surface area contributed by atoms with E-state index >= 15 is 0 Å². The maximum absolute atomic E-state index is 12.0. The molecule has 1 fully saturated rings. The van der Waals surface area contributed by atoms with E-state index in [2.05, 4.69) is 10.2 Å². The third-order valence-electron chi connectivity index (χ3n) is 3.48. The van der Waals surface area contributed by atoms with Crippen LogP contribution in [0.25, 0.3) is 0 Å². The van der Waals surface area contributed by atoms with Gasteiger partial charge in [-0.25, -0.2) is 0 Å². The normalized spacial score (nSPS) is 19.1. The Hall–Kier alpha value is -0.860. The standard InChI is InChI=1S/C12H23F3N4O/c1-10(11(20)17-9-12(13,14)15)18(2)7-8-19-5-3-16-4-6-19/h10,16H,3-9H2,1-2H3,(H,17,20). The highest BCUT2D eigenvalue weighted by Gasteiger charge is 2.29. The van der Waals surface area contributed by atoms with Gasteiger partial charge in [-0.05, 0) is 14.0 Å². The lowest BCUT2D eigenvalue weighted by Gasteiger charge is -2.30. The predicted molar refractivity (Wildman–Crippen MR) is 70.5 cm³/mol. The molecule has 5 nitrogen and oxygen atoms in total. The minimum absolute atomic E-state index is 0.569. The largest absolute Gasteiger partial charge is 0.405 e. The van der Waals surface area contributed by atoms with Gasteiger partial charge in [-0.3, -0.25) is 14.6 Å². The number of hydrogen-bond donors (Lipinski definition) is 2. The second kappa shape index (κ2) is 7.80. The molecule has 1 atom stereocenters. The smallest absolute Gasteiger partial charge is 0.346 e. The Morgan fingerprint density at radius 2 is 2.00 bits per heavy atom. The van der Waals surface area contributed by atoms with Crippen LogP contribution in [-0.2, 0) is 4.79 Å². The fraction of sp³-hybridized carbons (Fsp3) is 0.917. The van der Waals surface area contributed by atoms with E-state index < -0.39 is 24.7 Å². The number of amides is 1. The lowest BCUT2D eigenvalue weighted by molar-refractivity contribution is -0.141. The second-order valence-corrected chi connectivity index (χ2v) is 5.08. The predicted octanol–water partition coefficient (Wildman–Crippen LogP) is -0.110. The van der Waals surface area contributed by atoms with Gasteiger partial charge >= 0.3 is 6.18 Å². The second-order valence-electron chi connectivity index (χ2n) is 5.08. The number of nitrogens with zero attached hydrogens (tertiary/aromatic N) is 2.